The fourth-order valence-electron chi connectivity index (χ4n) is 3.99. The molecule has 0 atom stereocenters. The van der Waals surface area contributed by atoms with Crippen LogP contribution in [0.15, 0.2) is 32.3 Å². The molecule has 1 aliphatic heterocycles. The molecule has 9 heteroatoms. The third-order valence-electron chi connectivity index (χ3n) is 5.53. The number of oxazole rings is 1. The number of H-pyrrole nitrogens is 1. The number of benzene rings is 1. The van der Waals surface area contributed by atoms with Crippen LogP contribution in [-0.2, 0) is 14.8 Å². The molecule has 0 radical (unpaired) electrons. The molecule has 0 unspecified atom stereocenters. The number of fused-ring (bicyclic) bond motifs is 1. The number of hydrogen-bond acceptors (Lipinski definition) is 5. The van der Waals surface area contributed by atoms with Crippen molar-refractivity contribution in [2.75, 3.05) is 26.2 Å². The first kappa shape index (κ1) is 18.2. The smallest absolute Gasteiger partial charge is 0.408 e. The Morgan fingerprint density at radius 2 is 1.78 bits per heavy atom. The second-order valence-electron chi connectivity index (χ2n) is 7.24. The molecule has 0 bridgehead atoms. The summed E-state index contributed by atoms with van der Waals surface area (Å²) in [5.74, 6) is -0.350. The quantitative estimate of drug-likeness (QED) is 0.852. The van der Waals surface area contributed by atoms with Crippen LogP contribution in [0, 0.1) is 5.92 Å². The van der Waals surface area contributed by atoms with Gasteiger partial charge >= 0.3 is 5.76 Å². The lowest BCUT2D eigenvalue weighted by Gasteiger charge is -2.36. The van der Waals surface area contributed by atoms with E-state index in [-0.39, 0.29) is 35.4 Å². The van der Waals surface area contributed by atoms with Gasteiger partial charge in [0, 0.05) is 38.2 Å². The van der Waals surface area contributed by atoms with Gasteiger partial charge in [0.2, 0.25) is 15.9 Å². The maximum atomic E-state index is 12.9. The van der Waals surface area contributed by atoms with E-state index in [1.165, 1.54) is 28.9 Å². The van der Waals surface area contributed by atoms with Crippen molar-refractivity contribution < 1.29 is 17.6 Å². The molecule has 1 aliphatic carbocycles. The van der Waals surface area contributed by atoms with Gasteiger partial charge in [-0.1, -0.05) is 19.3 Å². The van der Waals surface area contributed by atoms with Gasteiger partial charge in [0.15, 0.2) is 5.58 Å². The molecule has 2 aliphatic rings. The number of aromatic amines is 1. The third-order valence-corrected chi connectivity index (χ3v) is 7.43. The molecule has 1 aromatic heterocycles. The highest BCUT2D eigenvalue weighted by molar-refractivity contribution is 7.89. The first-order valence-corrected chi connectivity index (χ1v) is 10.8. The van der Waals surface area contributed by atoms with E-state index in [0.717, 1.165) is 25.7 Å². The number of rotatable bonds is 3. The van der Waals surface area contributed by atoms with E-state index < -0.39 is 15.8 Å². The summed E-state index contributed by atoms with van der Waals surface area (Å²) in [4.78, 5) is 28.3. The lowest BCUT2D eigenvalue weighted by Crippen LogP contribution is -2.52. The molecule has 1 aromatic carbocycles. The molecule has 1 saturated carbocycles. The highest BCUT2D eigenvalue weighted by atomic mass is 32.2. The Morgan fingerprint density at radius 3 is 2.48 bits per heavy atom. The number of carbonyl (C=O) groups is 1. The minimum Gasteiger partial charge on any atom is -0.408 e. The van der Waals surface area contributed by atoms with Crippen molar-refractivity contribution in [2.24, 2.45) is 5.92 Å². The summed E-state index contributed by atoms with van der Waals surface area (Å²) in [6.45, 7) is 1.37. The summed E-state index contributed by atoms with van der Waals surface area (Å²) in [5, 5.41) is 0. The maximum Gasteiger partial charge on any atom is 0.417 e. The number of amides is 1. The van der Waals surface area contributed by atoms with Gasteiger partial charge in [-0.05, 0) is 25.0 Å². The Morgan fingerprint density at radius 1 is 1.07 bits per heavy atom. The average molecular weight is 393 g/mol. The Labute approximate surface area is 157 Å². The molecule has 0 spiro atoms. The molecule has 27 heavy (non-hydrogen) atoms. The van der Waals surface area contributed by atoms with E-state index in [9.17, 15) is 18.0 Å². The van der Waals surface area contributed by atoms with Gasteiger partial charge in [-0.25, -0.2) is 13.2 Å². The molecule has 4 rings (SSSR count). The molecule has 8 nitrogen and oxygen atoms in total. The fraction of sp³-hybridized carbons (Fsp3) is 0.556. The van der Waals surface area contributed by atoms with Gasteiger partial charge in [0.1, 0.15) is 0 Å². The van der Waals surface area contributed by atoms with E-state index in [1.807, 2.05) is 0 Å². The van der Waals surface area contributed by atoms with Crippen molar-refractivity contribution in [3.63, 3.8) is 0 Å². The largest absolute Gasteiger partial charge is 0.417 e. The van der Waals surface area contributed by atoms with Crippen LogP contribution in [0.2, 0.25) is 0 Å². The van der Waals surface area contributed by atoms with Crippen molar-refractivity contribution in [1.82, 2.24) is 14.2 Å². The number of aromatic nitrogens is 1. The summed E-state index contributed by atoms with van der Waals surface area (Å²) >= 11 is 0. The molecule has 1 N–H and O–H groups in total. The lowest BCUT2D eigenvalue weighted by molar-refractivity contribution is -0.137. The van der Waals surface area contributed by atoms with Gasteiger partial charge in [-0.2, -0.15) is 4.31 Å². The molecule has 1 saturated heterocycles. The molecule has 2 fully saturated rings. The molecule has 2 aromatic rings. The summed E-state index contributed by atoms with van der Waals surface area (Å²) in [6.07, 6.45) is 5.28. The summed E-state index contributed by atoms with van der Waals surface area (Å²) in [7, 11) is -3.70. The van der Waals surface area contributed by atoms with Crippen LogP contribution in [0.3, 0.4) is 0 Å². The number of piperazine rings is 1. The molecular formula is C18H23N3O5S. The summed E-state index contributed by atoms with van der Waals surface area (Å²) in [5.41, 5.74) is 0.675. The number of nitrogens with one attached hydrogen (secondary N) is 1. The molecular weight excluding hydrogens is 370 g/mol. The van der Waals surface area contributed by atoms with Crippen LogP contribution in [0.25, 0.3) is 11.1 Å². The zero-order valence-corrected chi connectivity index (χ0v) is 15.8. The fourth-order valence-corrected chi connectivity index (χ4v) is 5.43. The van der Waals surface area contributed by atoms with Gasteiger partial charge < -0.3 is 9.32 Å². The second-order valence-corrected chi connectivity index (χ2v) is 9.17. The van der Waals surface area contributed by atoms with Crippen LogP contribution in [-0.4, -0.2) is 54.7 Å². The SMILES string of the molecule is O=C(C1CCCCC1)N1CCN(S(=O)(=O)c2ccc3[nH]c(=O)oc3c2)CC1. The summed E-state index contributed by atoms with van der Waals surface area (Å²) in [6, 6.07) is 4.35. The van der Waals surface area contributed by atoms with Gasteiger partial charge in [0.25, 0.3) is 0 Å². The van der Waals surface area contributed by atoms with E-state index >= 15 is 0 Å². The first-order chi connectivity index (χ1) is 12.9. The topological polar surface area (TPSA) is 104 Å². The average Bonchev–Trinajstić information content (AvgIpc) is 3.07. The van der Waals surface area contributed by atoms with Crippen LogP contribution in [0.1, 0.15) is 32.1 Å². The van der Waals surface area contributed by atoms with E-state index in [1.54, 1.807) is 4.90 Å². The van der Waals surface area contributed by atoms with E-state index in [0.29, 0.717) is 18.6 Å². The minimum absolute atomic E-state index is 0.0878. The predicted octanol–water partition coefficient (Wildman–Crippen LogP) is 1.53. The number of nitrogens with zero attached hydrogens (tertiary/aromatic N) is 2. The van der Waals surface area contributed by atoms with Crippen LogP contribution < -0.4 is 5.76 Å². The minimum atomic E-state index is -3.70. The Kier molecular flexibility index (Phi) is 4.81. The van der Waals surface area contributed by atoms with E-state index in [2.05, 4.69) is 4.98 Å². The van der Waals surface area contributed by atoms with Crippen molar-refractivity contribution >= 4 is 27.0 Å². The second kappa shape index (κ2) is 7.12. The first-order valence-electron chi connectivity index (χ1n) is 9.37. The highest BCUT2D eigenvalue weighted by Crippen LogP contribution is 2.27. The Hall–Kier alpha value is -2.13. The zero-order chi connectivity index (χ0) is 19.0. The third kappa shape index (κ3) is 3.53. The van der Waals surface area contributed by atoms with Crippen molar-refractivity contribution in [1.29, 1.82) is 0 Å². The maximum absolute atomic E-state index is 12.9. The number of hydrogen-bond donors (Lipinski definition) is 1. The predicted molar refractivity (Wildman–Crippen MR) is 98.7 cm³/mol. The molecule has 146 valence electrons. The van der Waals surface area contributed by atoms with Crippen LogP contribution in [0.5, 0.6) is 0 Å². The monoisotopic (exact) mass is 393 g/mol. The number of carbonyl (C=O) groups excluding carboxylic acids is 1. The lowest BCUT2D eigenvalue weighted by atomic mass is 9.88. The molecule has 1 amide bonds. The van der Waals surface area contributed by atoms with Crippen LogP contribution >= 0.6 is 0 Å². The highest BCUT2D eigenvalue weighted by Gasteiger charge is 2.33. The van der Waals surface area contributed by atoms with E-state index in [4.69, 9.17) is 4.42 Å². The zero-order valence-electron chi connectivity index (χ0n) is 15.0. The Bertz CT molecular complexity index is 995. The normalized spacial score (nSPS) is 20.2. The van der Waals surface area contributed by atoms with Crippen molar-refractivity contribution in [3.05, 3.63) is 28.7 Å². The Balaban J connectivity index is 1.45. The number of sulfonamides is 1. The van der Waals surface area contributed by atoms with Gasteiger partial charge in [-0.15, -0.1) is 0 Å². The van der Waals surface area contributed by atoms with Crippen LogP contribution in [0.4, 0.5) is 0 Å². The van der Waals surface area contributed by atoms with Crippen molar-refractivity contribution in [2.45, 2.75) is 37.0 Å². The van der Waals surface area contributed by atoms with Gasteiger partial charge in [-0.3, -0.25) is 9.78 Å². The molecule has 2 heterocycles. The van der Waals surface area contributed by atoms with Gasteiger partial charge in [0.05, 0.1) is 10.4 Å². The summed E-state index contributed by atoms with van der Waals surface area (Å²) < 4.78 is 32.2. The van der Waals surface area contributed by atoms with Crippen molar-refractivity contribution in [3.8, 4) is 0 Å². The standard InChI is InChI=1S/C18H23N3O5S/c22-17(13-4-2-1-3-5-13)20-8-10-21(11-9-20)27(24,25)14-6-7-15-16(12-14)26-18(23)19-15/h6-7,12-13H,1-5,8-11H2,(H,19,23).